The van der Waals surface area contributed by atoms with Gasteiger partial charge in [-0.2, -0.15) is 0 Å². The molecule has 0 heterocycles. The van der Waals surface area contributed by atoms with Crippen molar-refractivity contribution in [2.75, 3.05) is 20.1 Å². The molecule has 0 fully saturated rings. The number of aliphatic hydroxyl groups is 1. The van der Waals surface area contributed by atoms with Crippen LogP contribution in [0.5, 0.6) is 0 Å². The maximum atomic E-state index is 13.7. The molecule has 0 aliphatic rings. The van der Waals surface area contributed by atoms with E-state index in [1.165, 1.54) is 11.6 Å². The molecule has 0 saturated heterocycles. The van der Waals surface area contributed by atoms with Gasteiger partial charge in [0.2, 0.25) is 0 Å². The predicted octanol–water partition coefficient (Wildman–Crippen LogP) is 3.57. The van der Waals surface area contributed by atoms with Crippen molar-refractivity contribution in [3.63, 3.8) is 0 Å². The standard InChI is InChI=1S/C19H24FN3O.HI/c1-3-21-19(23(2)14-15-9-5-4-6-10-15)22-13-18(24)16-11-7-8-12-17(16)20;/h4-12,18,24H,3,13-14H2,1-2H3,(H,21,22);1H. The van der Waals surface area contributed by atoms with Crippen molar-refractivity contribution in [3.05, 3.63) is 71.5 Å². The molecule has 6 heteroatoms. The fourth-order valence-electron chi connectivity index (χ4n) is 2.42. The minimum absolute atomic E-state index is 0. The molecule has 0 aliphatic carbocycles. The van der Waals surface area contributed by atoms with E-state index in [1.54, 1.807) is 18.2 Å². The van der Waals surface area contributed by atoms with Crippen LogP contribution in [0.3, 0.4) is 0 Å². The van der Waals surface area contributed by atoms with E-state index in [0.29, 0.717) is 19.0 Å². The zero-order chi connectivity index (χ0) is 17.4. The Morgan fingerprint density at radius 2 is 1.80 bits per heavy atom. The van der Waals surface area contributed by atoms with Crippen molar-refractivity contribution < 1.29 is 9.50 Å². The molecule has 0 spiro atoms. The summed E-state index contributed by atoms with van der Waals surface area (Å²) in [6, 6.07) is 16.3. The highest BCUT2D eigenvalue weighted by atomic mass is 127. The highest BCUT2D eigenvalue weighted by Crippen LogP contribution is 2.16. The Morgan fingerprint density at radius 3 is 2.44 bits per heavy atom. The second kappa shape index (κ2) is 11.0. The number of aliphatic hydroxyl groups excluding tert-OH is 1. The summed E-state index contributed by atoms with van der Waals surface area (Å²) in [6.45, 7) is 3.50. The summed E-state index contributed by atoms with van der Waals surface area (Å²) in [7, 11) is 1.93. The van der Waals surface area contributed by atoms with Gasteiger partial charge in [0, 0.05) is 25.7 Å². The van der Waals surface area contributed by atoms with Crippen LogP contribution in [-0.4, -0.2) is 36.1 Å². The van der Waals surface area contributed by atoms with Gasteiger partial charge in [0.1, 0.15) is 11.9 Å². The quantitative estimate of drug-likeness (QED) is 0.396. The van der Waals surface area contributed by atoms with E-state index in [0.717, 1.165) is 0 Å². The van der Waals surface area contributed by atoms with Gasteiger partial charge in [-0.3, -0.25) is 4.99 Å². The minimum Gasteiger partial charge on any atom is -0.386 e. The summed E-state index contributed by atoms with van der Waals surface area (Å²) in [5, 5.41) is 13.4. The second-order valence-electron chi connectivity index (χ2n) is 5.57. The third-order valence-electron chi connectivity index (χ3n) is 3.64. The fraction of sp³-hybridized carbons (Fsp3) is 0.316. The normalized spacial score (nSPS) is 12.2. The molecular weight excluding hydrogens is 432 g/mol. The largest absolute Gasteiger partial charge is 0.386 e. The van der Waals surface area contributed by atoms with Gasteiger partial charge in [0.15, 0.2) is 5.96 Å². The summed E-state index contributed by atoms with van der Waals surface area (Å²) in [6.07, 6.45) is -0.968. The molecule has 0 saturated carbocycles. The first-order valence-corrected chi connectivity index (χ1v) is 8.07. The van der Waals surface area contributed by atoms with Crippen molar-refractivity contribution in [1.29, 1.82) is 0 Å². The highest BCUT2D eigenvalue weighted by Gasteiger charge is 2.13. The average Bonchev–Trinajstić information content (AvgIpc) is 2.59. The first-order valence-electron chi connectivity index (χ1n) is 8.07. The number of benzene rings is 2. The van der Waals surface area contributed by atoms with Crippen LogP contribution in [0.1, 0.15) is 24.2 Å². The second-order valence-corrected chi connectivity index (χ2v) is 5.57. The van der Waals surface area contributed by atoms with Crippen molar-refractivity contribution in [2.45, 2.75) is 19.6 Å². The van der Waals surface area contributed by atoms with E-state index in [4.69, 9.17) is 0 Å². The maximum absolute atomic E-state index is 13.7. The van der Waals surface area contributed by atoms with E-state index >= 15 is 0 Å². The van der Waals surface area contributed by atoms with E-state index < -0.39 is 11.9 Å². The molecule has 0 aliphatic heterocycles. The van der Waals surface area contributed by atoms with Crippen LogP contribution in [0.25, 0.3) is 0 Å². The van der Waals surface area contributed by atoms with E-state index in [-0.39, 0.29) is 36.1 Å². The van der Waals surface area contributed by atoms with Gasteiger partial charge < -0.3 is 15.3 Å². The van der Waals surface area contributed by atoms with Gasteiger partial charge in [-0.1, -0.05) is 48.5 Å². The third kappa shape index (κ3) is 6.62. The molecule has 0 amide bonds. The van der Waals surface area contributed by atoms with Gasteiger partial charge in [-0.15, -0.1) is 24.0 Å². The Labute approximate surface area is 165 Å². The molecule has 2 aromatic carbocycles. The van der Waals surface area contributed by atoms with Gasteiger partial charge in [0.25, 0.3) is 0 Å². The van der Waals surface area contributed by atoms with Crippen LogP contribution >= 0.6 is 24.0 Å². The molecular formula is C19H25FIN3O. The van der Waals surface area contributed by atoms with E-state index in [9.17, 15) is 9.50 Å². The van der Waals surface area contributed by atoms with Gasteiger partial charge >= 0.3 is 0 Å². The first-order chi connectivity index (χ1) is 11.6. The monoisotopic (exact) mass is 457 g/mol. The number of nitrogens with one attached hydrogen (secondary N) is 1. The molecule has 0 aromatic heterocycles. The Hall–Kier alpha value is -1.67. The summed E-state index contributed by atoms with van der Waals surface area (Å²) in [5.41, 5.74) is 1.43. The molecule has 1 unspecified atom stereocenters. The number of hydrogen-bond acceptors (Lipinski definition) is 2. The van der Waals surface area contributed by atoms with Crippen LogP contribution in [-0.2, 0) is 6.54 Å². The third-order valence-corrected chi connectivity index (χ3v) is 3.64. The molecule has 2 N–H and O–H groups in total. The number of hydrogen-bond donors (Lipinski definition) is 2. The molecule has 0 bridgehead atoms. The Kier molecular flexibility index (Phi) is 9.44. The maximum Gasteiger partial charge on any atom is 0.194 e. The molecule has 2 aromatic rings. The molecule has 136 valence electrons. The predicted molar refractivity (Wildman–Crippen MR) is 111 cm³/mol. The number of rotatable bonds is 6. The molecule has 4 nitrogen and oxygen atoms in total. The Bertz CT molecular complexity index is 667. The van der Waals surface area contributed by atoms with E-state index in [2.05, 4.69) is 10.3 Å². The number of guanidine groups is 1. The lowest BCUT2D eigenvalue weighted by molar-refractivity contribution is 0.181. The fourth-order valence-corrected chi connectivity index (χ4v) is 2.42. The first kappa shape index (κ1) is 21.4. The Balaban J connectivity index is 0.00000312. The minimum atomic E-state index is -0.968. The summed E-state index contributed by atoms with van der Waals surface area (Å²) < 4.78 is 13.7. The SMILES string of the molecule is CCNC(=NCC(O)c1ccccc1F)N(C)Cc1ccccc1.I. The van der Waals surface area contributed by atoms with E-state index in [1.807, 2.05) is 49.2 Å². The lowest BCUT2D eigenvalue weighted by Crippen LogP contribution is -2.38. The lowest BCUT2D eigenvalue weighted by atomic mass is 10.1. The molecule has 1 atom stereocenters. The summed E-state index contributed by atoms with van der Waals surface area (Å²) in [4.78, 5) is 6.42. The van der Waals surface area contributed by atoms with Crippen LogP contribution < -0.4 is 5.32 Å². The van der Waals surface area contributed by atoms with Crippen LogP contribution in [0.4, 0.5) is 4.39 Å². The highest BCUT2D eigenvalue weighted by molar-refractivity contribution is 14.0. The lowest BCUT2D eigenvalue weighted by Gasteiger charge is -2.22. The van der Waals surface area contributed by atoms with Crippen molar-refractivity contribution in [3.8, 4) is 0 Å². The van der Waals surface area contributed by atoms with Gasteiger partial charge in [-0.25, -0.2) is 4.39 Å². The molecule has 2 rings (SSSR count). The summed E-state index contributed by atoms with van der Waals surface area (Å²) in [5.74, 6) is 0.264. The molecule has 25 heavy (non-hydrogen) atoms. The summed E-state index contributed by atoms with van der Waals surface area (Å²) >= 11 is 0. The number of aliphatic imine (C=N–C) groups is 1. The zero-order valence-corrected chi connectivity index (χ0v) is 16.9. The topological polar surface area (TPSA) is 47.9 Å². The van der Waals surface area contributed by atoms with Gasteiger partial charge in [-0.05, 0) is 18.6 Å². The van der Waals surface area contributed by atoms with Crippen LogP contribution in [0, 0.1) is 5.82 Å². The van der Waals surface area contributed by atoms with Crippen molar-refractivity contribution in [2.24, 2.45) is 4.99 Å². The van der Waals surface area contributed by atoms with Gasteiger partial charge in [0.05, 0.1) is 6.54 Å². The average molecular weight is 457 g/mol. The zero-order valence-electron chi connectivity index (χ0n) is 14.5. The number of nitrogens with zero attached hydrogens (tertiary/aromatic N) is 2. The van der Waals surface area contributed by atoms with Crippen molar-refractivity contribution >= 4 is 29.9 Å². The van der Waals surface area contributed by atoms with Crippen LogP contribution in [0.2, 0.25) is 0 Å². The van der Waals surface area contributed by atoms with Crippen LogP contribution in [0.15, 0.2) is 59.6 Å². The smallest absolute Gasteiger partial charge is 0.194 e. The Morgan fingerprint density at radius 1 is 1.16 bits per heavy atom. The molecule has 0 radical (unpaired) electrons. The number of halogens is 2. The van der Waals surface area contributed by atoms with Crippen molar-refractivity contribution in [1.82, 2.24) is 10.2 Å².